The van der Waals surface area contributed by atoms with Crippen molar-refractivity contribution < 1.29 is 14.2 Å². The van der Waals surface area contributed by atoms with Crippen molar-refractivity contribution >= 4 is 22.4 Å². The van der Waals surface area contributed by atoms with Crippen LogP contribution in [-0.4, -0.2) is 53.4 Å². The van der Waals surface area contributed by atoms with Crippen molar-refractivity contribution in [2.45, 2.75) is 63.9 Å². The lowest BCUT2D eigenvalue weighted by atomic mass is 9.92. The fourth-order valence-corrected chi connectivity index (χ4v) is 5.43. The van der Waals surface area contributed by atoms with Gasteiger partial charge in [0.1, 0.15) is 16.9 Å². The van der Waals surface area contributed by atoms with Gasteiger partial charge >= 0.3 is 0 Å². The Hall–Kier alpha value is -2.97. The van der Waals surface area contributed by atoms with Gasteiger partial charge in [0.2, 0.25) is 0 Å². The number of nitrogens with one attached hydrogen (secondary N) is 1. The van der Waals surface area contributed by atoms with Crippen molar-refractivity contribution in [1.82, 2.24) is 15.0 Å². The molecule has 1 saturated heterocycles. The molecule has 2 aliphatic heterocycles. The van der Waals surface area contributed by atoms with Crippen molar-refractivity contribution in [3.8, 4) is 5.75 Å². The summed E-state index contributed by atoms with van der Waals surface area (Å²) in [6.45, 7) is 8.03. The van der Waals surface area contributed by atoms with Crippen LogP contribution in [0.15, 0.2) is 36.8 Å². The lowest BCUT2D eigenvalue weighted by Gasteiger charge is -2.32. The second kappa shape index (κ2) is 9.24. The molecule has 35 heavy (non-hydrogen) atoms. The molecule has 2 aromatic heterocycles. The summed E-state index contributed by atoms with van der Waals surface area (Å²) in [4.78, 5) is 16.2. The summed E-state index contributed by atoms with van der Waals surface area (Å²) in [5.41, 5.74) is 5.85. The van der Waals surface area contributed by atoms with Gasteiger partial charge in [0, 0.05) is 48.8 Å². The van der Waals surface area contributed by atoms with Crippen LogP contribution in [0.2, 0.25) is 0 Å². The number of nitrogens with zero attached hydrogens (tertiary/aromatic N) is 4. The molecule has 0 amide bonds. The Kier molecular flexibility index (Phi) is 5.94. The smallest absolute Gasteiger partial charge is 0.149 e. The standard InChI is InChI=1S/C27H33N5O3/c1-27(2)26-18(17-34-27)13-20(16-30-26)31-19-3-5-22(6-4-19)35-24-15-21(32-9-11-33-12-10-32)14-23-25(24)29-8-7-28-23/h7-8,13-16,19,22,31H,3-6,9-12,17H2,1-2H3/t19-,22+. The third-order valence-electron chi connectivity index (χ3n) is 7.36. The normalized spacial score (nSPS) is 23.8. The molecule has 3 aromatic rings. The van der Waals surface area contributed by atoms with E-state index in [4.69, 9.17) is 14.2 Å². The van der Waals surface area contributed by atoms with E-state index in [0.717, 1.165) is 85.8 Å². The molecule has 1 N–H and O–H groups in total. The zero-order chi connectivity index (χ0) is 23.8. The van der Waals surface area contributed by atoms with Crippen LogP contribution in [-0.2, 0) is 21.7 Å². The van der Waals surface area contributed by atoms with E-state index in [0.29, 0.717) is 12.6 Å². The Balaban J connectivity index is 1.12. The van der Waals surface area contributed by atoms with Crippen LogP contribution in [0.25, 0.3) is 11.0 Å². The number of rotatable bonds is 5. The third kappa shape index (κ3) is 4.65. The van der Waals surface area contributed by atoms with E-state index in [9.17, 15) is 0 Å². The van der Waals surface area contributed by atoms with Crippen LogP contribution in [0.3, 0.4) is 0 Å². The van der Waals surface area contributed by atoms with Crippen LogP contribution in [0, 0.1) is 0 Å². The number of morpholine rings is 1. The fourth-order valence-electron chi connectivity index (χ4n) is 5.43. The van der Waals surface area contributed by atoms with E-state index in [1.165, 1.54) is 5.56 Å². The number of ether oxygens (including phenoxy) is 3. The van der Waals surface area contributed by atoms with E-state index >= 15 is 0 Å². The van der Waals surface area contributed by atoms with Gasteiger partial charge in [-0.3, -0.25) is 9.97 Å². The SMILES string of the molecule is CC1(C)OCc2cc(N[C@H]3CC[C@@H](Oc4cc(N5CCOCC5)cc5nccnc45)CC3)cnc21. The Morgan fingerprint density at radius 3 is 2.63 bits per heavy atom. The summed E-state index contributed by atoms with van der Waals surface area (Å²) in [6, 6.07) is 6.85. The van der Waals surface area contributed by atoms with Gasteiger partial charge in [0.05, 0.1) is 49.0 Å². The number of pyridine rings is 1. The summed E-state index contributed by atoms with van der Waals surface area (Å²) in [6.07, 6.45) is 9.69. The number of hydrogen-bond donors (Lipinski definition) is 1. The Bertz CT molecular complexity index is 1200. The Labute approximate surface area is 206 Å². The minimum absolute atomic E-state index is 0.172. The van der Waals surface area contributed by atoms with Crippen LogP contribution in [0.4, 0.5) is 11.4 Å². The van der Waals surface area contributed by atoms with Crippen LogP contribution in [0.5, 0.6) is 5.75 Å². The molecule has 6 rings (SSSR count). The van der Waals surface area contributed by atoms with Gasteiger partial charge < -0.3 is 24.4 Å². The highest BCUT2D eigenvalue weighted by atomic mass is 16.5. The van der Waals surface area contributed by atoms with Gasteiger partial charge in [-0.15, -0.1) is 0 Å². The topological polar surface area (TPSA) is 81.6 Å². The molecule has 8 nitrogen and oxygen atoms in total. The summed E-state index contributed by atoms with van der Waals surface area (Å²) >= 11 is 0. The number of anilines is 2. The third-order valence-corrected chi connectivity index (χ3v) is 7.36. The van der Waals surface area contributed by atoms with Gasteiger partial charge in [-0.25, -0.2) is 4.98 Å². The fraction of sp³-hybridized carbons (Fsp3) is 0.519. The molecule has 0 spiro atoms. The molecule has 8 heteroatoms. The average Bonchev–Trinajstić information content (AvgIpc) is 3.19. The highest BCUT2D eigenvalue weighted by Gasteiger charge is 2.33. The molecule has 1 saturated carbocycles. The predicted octanol–water partition coefficient (Wildman–Crippen LogP) is 4.43. The zero-order valence-corrected chi connectivity index (χ0v) is 20.5. The Morgan fingerprint density at radius 2 is 1.80 bits per heavy atom. The number of hydrogen-bond acceptors (Lipinski definition) is 8. The first-order chi connectivity index (χ1) is 17.0. The second-order valence-corrected chi connectivity index (χ2v) is 10.2. The minimum Gasteiger partial charge on any atom is -0.488 e. The molecule has 1 aliphatic carbocycles. The van der Waals surface area contributed by atoms with E-state index in [2.05, 4.69) is 57.2 Å². The van der Waals surface area contributed by atoms with Crippen molar-refractivity contribution in [3.05, 3.63) is 48.0 Å². The van der Waals surface area contributed by atoms with E-state index < -0.39 is 0 Å². The van der Waals surface area contributed by atoms with Crippen molar-refractivity contribution in [2.75, 3.05) is 36.5 Å². The maximum absolute atomic E-state index is 6.56. The molecule has 0 radical (unpaired) electrons. The number of fused-ring (bicyclic) bond motifs is 2. The monoisotopic (exact) mass is 475 g/mol. The van der Waals surface area contributed by atoms with E-state index in [-0.39, 0.29) is 11.7 Å². The Morgan fingerprint density at radius 1 is 1.00 bits per heavy atom. The summed E-state index contributed by atoms with van der Waals surface area (Å²) in [5.74, 6) is 0.832. The molecular weight excluding hydrogens is 442 g/mol. The lowest BCUT2D eigenvalue weighted by molar-refractivity contribution is -0.0101. The van der Waals surface area contributed by atoms with E-state index in [1.807, 2.05) is 6.20 Å². The molecule has 0 bridgehead atoms. The van der Waals surface area contributed by atoms with Crippen molar-refractivity contribution in [1.29, 1.82) is 0 Å². The molecule has 3 aliphatic rings. The van der Waals surface area contributed by atoms with Gasteiger partial charge in [0.25, 0.3) is 0 Å². The van der Waals surface area contributed by atoms with Crippen LogP contribution >= 0.6 is 0 Å². The van der Waals surface area contributed by atoms with Crippen LogP contribution < -0.4 is 15.0 Å². The van der Waals surface area contributed by atoms with Gasteiger partial charge in [0.15, 0.2) is 0 Å². The first kappa shape index (κ1) is 22.5. The van der Waals surface area contributed by atoms with Crippen LogP contribution in [0.1, 0.15) is 50.8 Å². The molecular formula is C27H33N5O3. The van der Waals surface area contributed by atoms with Gasteiger partial charge in [-0.05, 0) is 51.7 Å². The molecule has 4 heterocycles. The molecule has 0 atom stereocenters. The molecule has 0 unspecified atom stereocenters. The molecule has 1 aromatic carbocycles. The number of aromatic nitrogens is 3. The first-order valence-corrected chi connectivity index (χ1v) is 12.7. The summed E-state index contributed by atoms with van der Waals surface area (Å²) in [7, 11) is 0. The molecule has 184 valence electrons. The first-order valence-electron chi connectivity index (χ1n) is 12.7. The zero-order valence-electron chi connectivity index (χ0n) is 20.5. The van der Waals surface area contributed by atoms with Gasteiger partial charge in [-0.2, -0.15) is 0 Å². The highest BCUT2D eigenvalue weighted by Crippen LogP contribution is 2.36. The summed E-state index contributed by atoms with van der Waals surface area (Å²) in [5, 5.41) is 3.69. The average molecular weight is 476 g/mol. The van der Waals surface area contributed by atoms with Crippen molar-refractivity contribution in [2.24, 2.45) is 0 Å². The van der Waals surface area contributed by atoms with E-state index in [1.54, 1.807) is 12.4 Å². The minimum atomic E-state index is -0.295. The number of benzene rings is 1. The quantitative estimate of drug-likeness (QED) is 0.581. The van der Waals surface area contributed by atoms with Crippen molar-refractivity contribution in [3.63, 3.8) is 0 Å². The lowest BCUT2D eigenvalue weighted by Crippen LogP contribution is -2.36. The van der Waals surface area contributed by atoms with Gasteiger partial charge in [-0.1, -0.05) is 0 Å². The maximum atomic E-state index is 6.56. The summed E-state index contributed by atoms with van der Waals surface area (Å²) < 4.78 is 18.0. The maximum Gasteiger partial charge on any atom is 0.149 e. The second-order valence-electron chi connectivity index (χ2n) is 10.2. The highest BCUT2D eigenvalue weighted by molar-refractivity contribution is 5.85. The molecule has 2 fully saturated rings. The largest absolute Gasteiger partial charge is 0.488 e. The predicted molar refractivity (Wildman–Crippen MR) is 135 cm³/mol.